The molecule has 0 saturated heterocycles. The Morgan fingerprint density at radius 2 is 1.85 bits per heavy atom. The van der Waals surface area contributed by atoms with E-state index in [1.807, 2.05) is 77.5 Å². The molecule has 0 radical (unpaired) electrons. The number of hydrogen-bond acceptors (Lipinski definition) is 4. The fraction of sp³-hybridized carbons (Fsp3) is 0.111. The van der Waals surface area contributed by atoms with Gasteiger partial charge in [0.25, 0.3) is 5.91 Å². The van der Waals surface area contributed by atoms with Crippen LogP contribution in [0.25, 0.3) is 22.7 Å². The number of pyridine rings is 1. The highest BCUT2D eigenvalue weighted by Crippen LogP contribution is 2.31. The number of fused-ring (bicyclic) bond motifs is 1. The molecule has 7 heteroatoms. The Morgan fingerprint density at radius 3 is 2.62 bits per heavy atom. The second-order valence-corrected chi connectivity index (χ2v) is 8.12. The van der Waals surface area contributed by atoms with Crippen LogP contribution in [0.5, 0.6) is 0 Å². The highest BCUT2D eigenvalue weighted by molar-refractivity contribution is 6.12. The van der Waals surface area contributed by atoms with Gasteiger partial charge in [-0.15, -0.1) is 0 Å². The standard InChI is InChI=1S/C27H21N5O2/c28-17-20(15-18-5-2-1-3-6-18)27(34)30-23-7-4-8-24-22(23)12-14-32(24)21-11-13-29-25(16-21)31-26(33)19-9-10-19/h1-8,11-16,19H,9-10H2,(H,30,34)(H,29,31,33)/b20-15+. The Labute approximate surface area is 196 Å². The molecule has 5 rings (SSSR count). The summed E-state index contributed by atoms with van der Waals surface area (Å²) in [5.41, 5.74) is 3.11. The maximum absolute atomic E-state index is 12.8. The molecular formula is C27H21N5O2. The Balaban J connectivity index is 1.42. The smallest absolute Gasteiger partial charge is 0.266 e. The van der Waals surface area contributed by atoms with E-state index in [9.17, 15) is 14.9 Å². The van der Waals surface area contributed by atoms with E-state index in [1.165, 1.54) is 0 Å². The van der Waals surface area contributed by atoms with Crippen molar-refractivity contribution >= 4 is 40.3 Å². The lowest BCUT2D eigenvalue weighted by Gasteiger charge is -2.10. The van der Waals surface area contributed by atoms with Crippen LogP contribution in [0.15, 0.2) is 84.7 Å². The Kier molecular flexibility index (Phi) is 5.63. The molecule has 34 heavy (non-hydrogen) atoms. The number of hydrogen-bond donors (Lipinski definition) is 2. The fourth-order valence-electron chi connectivity index (χ4n) is 3.77. The van der Waals surface area contributed by atoms with E-state index in [-0.39, 0.29) is 17.4 Å². The predicted molar refractivity (Wildman–Crippen MR) is 131 cm³/mol. The zero-order valence-electron chi connectivity index (χ0n) is 18.2. The van der Waals surface area contributed by atoms with Crippen molar-refractivity contribution < 1.29 is 9.59 Å². The van der Waals surface area contributed by atoms with Crippen LogP contribution in [0.4, 0.5) is 11.5 Å². The van der Waals surface area contributed by atoms with Crippen molar-refractivity contribution in [3.63, 3.8) is 0 Å². The number of nitrogens with zero attached hydrogens (tertiary/aromatic N) is 3. The molecule has 7 nitrogen and oxygen atoms in total. The number of carbonyl (C=O) groups excluding carboxylic acids is 2. The number of anilines is 2. The zero-order chi connectivity index (χ0) is 23.5. The maximum Gasteiger partial charge on any atom is 0.266 e. The molecule has 2 aromatic carbocycles. The van der Waals surface area contributed by atoms with Crippen molar-refractivity contribution in [1.29, 1.82) is 5.26 Å². The van der Waals surface area contributed by atoms with Crippen LogP contribution in [-0.2, 0) is 9.59 Å². The molecule has 2 amide bonds. The second-order valence-electron chi connectivity index (χ2n) is 8.12. The van der Waals surface area contributed by atoms with Crippen LogP contribution < -0.4 is 10.6 Å². The van der Waals surface area contributed by atoms with E-state index < -0.39 is 5.91 Å². The average Bonchev–Trinajstić information content (AvgIpc) is 3.62. The van der Waals surface area contributed by atoms with Crippen molar-refractivity contribution in [3.8, 4) is 11.8 Å². The molecule has 1 fully saturated rings. The van der Waals surface area contributed by atoms with Gasteiger partial charge < -0.3 is 15.2 Å². The van der Waals surface area contributed by atoms with E-state index in [0.717, 1.165) is 35.0 Å². The highest BCUT2D eigenvalue weighted by atomic mass is 16.2. The number of rotatable bonds is 6. The molecule has 0 spiro atoms. The molecule has 1 aliphatic carbocycles. The summed E-state index contributed by atoms with van der Waals surface area (Å²) in [5.74, 6) is 0.133. The Hall–Kier alpha value is -4.70. The van der Waals surface area contributed by atoms with Gasteiger partial charge in [-0.1, -0.05) is 36.4 Å². The minimum absolute atomic E-state index is 0.00358. The summed E-state index contributed by atoms with van der Waals surface area (Å²) in [6.45, 7) is 0. The third-order valence-electron chi connectivity index (χ3n) is 5.68. The molecule has 2 heterocycles. The fourth-order valence-corrected chi connectivity index (χ4v) is 3.77. The van der Waals surface area contributed by atoms with E-state index in [2.05, 4.69) is 15.6 Å². The summed E-state index contributed by atoms with van der Waals surface area (Å²) in [6, 6.07) is 22.4. The van der Waals surface area contributed by atoms with Gasteiger partial charge in [0, 0.05) is 29.8 Å². The second kappa shape index (κ2) is 9.04. The van der Waals surface area contributed by atoms with Gasteiger partial charge >= 0.3 is 0 Å². The molecule has 0 unspecified atom stereocenters. The third-order valence-corrected chi connectivity index (χ3v) is 5.68. The van der Waals surface area contributed by atoms with E-state index in [1.54, 1.807) is 18.3 Å². The average molecular weight is 447 g/mol. The van der Waals surface area contributed by atoms with Gasteiger partial charge in [0.1, 0.15) is 17.5 Å². The number of aromatic nitrogens is 2. The van der Waals surface area contributed by atoms with Crippen molar-refractivity contribution in [2.75, 3.05) is 10.6 Å². The normalized spacial score (nSPS) is 13.3. The third kappa shape index (κ3) is 4.43. The molecule has 4 aromatic rings. The quantitative estimate of drug-likeness (QED) is 0.324. The summed E-state index contributed by atoms with van der Waals surface area (Å²) < 4.78 is 1.96. The first-order valence-electron chi connectivity index (χ1n) is 11.0. The van der Waals surface area contributed by atoms with Gasteiger partial charge in [-0.3, -0.25) is 9.59 Å². The minimum Gasteiger partial charge on any atom is -0.321 e. The summed E-state index contributed by atoms with van der Waals surface area (Å²) in [5, 5.41) is 16.1. The lowest BCUT2D eigenvalue weighted by molar-refractivity contribution is -0.117. The van der Waals surface area contributed by atoms with Gasteiger partial charge in [-0.25, -0.2) is 4.98 Å². The lowest BCUT2D eigenvalue weighted by atomic mass is 10.1. The largest absolute Gasteiger partial charge is 0.321 e. The number of carbonyl (C=O) groups is 2. The molecule has 0 bridgehead atoms. The van der Waals surface area contributed by atoms with Crippen molar-refractivity contribution in [3.05, 3.63) is 90.3 Å². The molecule has 0 atom stereocenters. The van der Waals surface area contributed by atoms with Gasteiger partial charge in [-0.05, 0) is 48.7 Å². The lowest BCUT2D eigenvalue weighted by Crippen LogP contribution is -2.14. The Morgan fingerprint density at radius 1 is 1.03 bits per heavy atom. The van der Waals surface area contributed by atoms with Gasteiger partial charge in [0.05, 0.1) is 16.9 Å². The highest BCUT2D eigenvalue weighted by Gasteiger charge is 2.29. The number of nitrogens with one attached hydrogen (secondary N) is 2. The minimum atomic E-state index is -0.472. The zero-order valence-corrected chi connectivity index (χ0v) is 18.2. The topological polar surface area (TPSA) is 99.8 Å². The molecule has 2 aromatic heterocycles. The first-order chi connectivity index (χ1) is 16.6. The van der Waals surface area contributed by atoms with E-state index in [0.29, 0.717) is 11.5 Å². The van der Waals surface area contributed by atoms with E-state index in [4.69, 9.17) is 0 Å². The number of nitriles is 1. The van der Waals surface area contributed by atoms with Gasteiger partial charge in [0.2, 0.25) is 5.91 Å². The number of benzene rings is 2. The summed E-state index contributed by atoms with van der Waals surface area (Å²) in [7, 11) is 0. The monoisotopic (exact) mass is 447 g/mol. The number of amides is 2. The molecule has 166 valence electrons. The molecular weight excluding hydrogens is 426 g/mol. The maximum atomic E-state index is 12.8. The molecule has 1 saturated carbocycles. The molecule has 0 aliphatic heterocycles. The molecule has 2 N–H and O–H groups in total. The van der Waals surface area contributed by atoms with Crippen molar-refractivity contribution in [2.45, 2.75) is 12.8 Å². The van der Waals surface area contributed by atoms with Crippen molar-refractivity contribution in [1.82, 2.24) is 9.55 Å². The van der Waals surface area contributed by atoms with E-state index >= 15 is 0 Å². The van der Waals surface area contributed by atoms with Gasteiger partial charge in [-0.2, -0.15) is 5.26 Å². The van der Waals surface area contributed by atoms with Crippen molar-refractivity contribution in [2.24, 2.45) is 5.92 Å². The Bertz CT molecular complexity index is 1460. The van der Waals surface area contributed by atoms with Crippen LogP contribution >= 0.6 is 0 Å². The molecule has 1 aliphatic rings. The predicted octanol–water partition coefficient (Wildman–Crippen LogP) is 4.92. The first-order valence-corrected chi connectivity index (χ1v) is 11.0. The van der Waals surface area contributed by atoms with Crippen LogP contribution in [0.3, 0.4) is 0 Å². The summed E-state index contributed by atoms with van der Waals surface area (Å²) >= 11 is 0. The van der Waals surface area contributed by atoms with Gasteiger partial charge in [0.15, 0.2) is 0 Å². The van der Waals surface area contributed by atoms with Crippen LogP contribution in [0, 0.1) is 17.2 Å². The summed E-state index contributed by atoms with van der Waals surface area (Å²) in [6.07, 6.45) is 6.97. The van der Waals surface area contributed by atoms with Crippen LogP contribution in [0.1, 0.15) is 18.4 Å². The van der Waals surface area contributed by atoms with Crippen LogP contribution in [0.2, 0.25) is 0 Å². The van der Waals surface area contributed by atoms with Crippen LogP contribution in [-0.4, -0.2) is 21.4 Å². The SMILES string of the molecule is N#C/C(=C\c1ccccc1)C(=O)Nc1cccc2c1ccn2-c1ccnc(NC(=O)C2CC2)c1. The first kappa shape index (κ1) is 21.2. The summed E-state index contributed by atoms with van der Waals surface area (Å²) in [4.78, 5) is 29.2.